The second kappa shape index (κ2) is 11.9. The normalized spacial score (nSPS) is 18.2. The van der Waals surface area contributed by atoms with Gasteiger partial charge in [-0.05, 0) is 121 Å². The van der Waals surface area contributed by atoms with E-state index in [1.807, 2.05) is 12.1 Å². The van der Waals surface area contributed by atoms with Gasteiger partial charge in [-0.15, -0.1) is 0 Å². The van der Waals surface area contributed by atoms with Gasteiger partial charge in [0.25, 0.3) is 0 Å². The summed E-state index contributed by atoms with van der Waals surface area (Å²) in [7, 11) is 0. The van der Waals surface area contributed by atoms with Gasteiger partial charge in [0.15, 0.2) is 0 Å². The Labute approximate surface area is 222 Å². The molecule has 1 aliphatic carbocycles. The van der Waals surface area contributed by atoms with Crippen LogP contribution in [-0.2, 0) is 6.42 Å². The minimum atomic E-state index is 0.237. The number of aromatic hydroxyl groups is 1. The first-order chi connectivity index (χ1) is 16.5. The van der Waals surface area contributed by atoms with Gasteiger partial charge in [-0.1, -0.05) is 82.0 Å². The van der Waals surface area contributed by atoms with Crippen molar-refractivity contribution in [1.29, 1.82) is 0 Å². The highest BCUT2D eigenvalue weighted by Gasteiger charge is 2.22. The SMILES string of the molecule is CCCCC[C@H]1CC[C@H](c2ccc(-c3ccc(-c4cc(Br)c(O)c(Br)c4)cc3CC)cc2)CC1. The van der Waals surface area contributed by atoms with E-state index in [1.165, 1.54) is 73.6 Å². The first-order valence-corrected chi connectivity index (χ1v) is 14.5. The van der Waals surface area contributed by atoms with Gasteiger partial charge in [0, 0.05) is 0 Å². The van der Waals surface area contributed by atoms with Crippen LogP contribution in [0.25, 0.3) is 22.3 Å². The average molecular weight is 584 g/mol. The average Bonchev–Trinajstić information content (AvgIpc) is 2.87. The number of phenolic OH excluding ortho intramolecular Hbond substituents is 1. The van der Waals surface area contributed by atoms with E-state index in [-0.39, 0.29) is 5.75 Å². The van der Waals surface area contributed by atoms with Crippen LogP contribution < -0.4 is 0 Å². The molecule has 1 fully saturated rings. The van der Waals surface area contributed by atoms with Gasteiger partial charge in [0.1, 0.15) is 5.75 Å². The molecule has 3 heteroatoms. The summed E-state index contributed by atoms with van der Waals surface area (Å²) < 4.78 is 1.40. The molecular weight excluding hydrogens is 548 g/mol. The molecule has 1 aliphatic rings. The van der Waals surface area contributed by atoms with Crippen molar-refractivity contribution in [2.45, 2.75) is 77.6 Å². The van der Waals surface area contributed by atoms with Crippen LogP contribution in [0.15, 0.2) is 63.5 Å². The second-order valence-electron chi connectivity index (χ2n) is 9.85. The van der Waals surface area contributed by atoms with Gasteiger partial charge >= 0.3 is 0 Å². The molecule has 0 saturated heterocycles. The molecule has 180 valence electrons. The van der Waals surface area contributed by atoms with Gasteiger partial charge in [-0.25, -0.2) is 0 Å². The zero-order chi connectivity index (χ0) is 24.1. The lowest BCUT2D eigenvalue weighted by atomic mass is 9.77. The van der Waals surface area contributed by atoms with Gasteiger partial charge in [0.2, 0.25) is 0 Å². The van der Waals surface area contributed by atoms with Crippen molar-refractivity contribution >= 4 is 31.9 Å². The topological polar surface area (TPSA) is 20.2 Å². The number of unbranched alkanes of at least 4 members (excludes halogenated alkanes) is 2. The third-order valence-corrected chi connectivity index (χ3v) is 8.80. The van der Waals surface area contributed by atoms with E-state index in [0.717, 1.165) is 29.4 Å². The largest absolute Gasteiger partial charge is 0.506 e. The fraction of sp³-hybridized carbons (Fsp3) is 0.419. The highest BCUT2D eigenvalue weighted by molar-refractivity contribution is 9.11. The van der Waals surface area contributed by atoms with E-state index < -0.39 is 0 Å². The number of benzene rings is 3. The molecule has 0 aromatic heterocycles. The predicted molar refractivity (Wildman–Crippen MR) is 153 cm³/mol. The number of aryl methyl sites for hydroxylation is 1. The van der Waals surface area contributed by atoms with Crippen molar-refractivity contribution in [3.63, 3.8) is 0 Å². The molecule has 0 bridgehead atoms. The van der Waals surface area contributed by atoms with Gasteiger partial charge in [-0.2, -0.15) is 0 Å². The molecular formula is C31H36Br2O. The third-order valence-electron chi connectivity index (χ3n) is 7.59. The van der Waals surface area contributed by atoms with Crippen LogP contribution in [0, 0.1) is 5.92 Å². The number of hydrogen-bond acceptors (Lipinski definition) is 1. The molecule has 4 rings (SSSR count). The van der Waals surface area contributed by atoms with Crippen LogP contribution in [0.3, 0.4) is 0 Å². The molecule has 1 N–H and O–H groups in total. The predicted octanol–water partition coefficient (Wildman–Crippen LogP) is 10.7. The van der Waals surface area contributed by atoms with Crippen LogP contribution in [0.1, 0.15) is 82.3 Å². The monoisotopic (exact) mass is 582 g/mol. The fourth-order valence-electron chi connectivity index (χ4n) is 5.48. The van der Waals surface area contributed by atoms with Crippen molar-refractivity contribution in [2.75, 3.05) is 0 Å². The zero-order valence-corrected chi connectivity index (χ0v) is 23.6. The Hall–Kier alpha value is -1.58. The quantitative estimate of drug-likeness (QED) is 0.261. The van der Waals surface area contributed by atoms with Crippen LogP contribution in [-0.4, -0.2) is 5.11 Å². The Morgan fingerprint density at radius 3 is 2.03 bits per heavy atom. The Bertz CT molecular complexity index is 1070. The summed E-state index contributed by atoms with van der Waals surface area (Å²) in [5.41, 5.74) is 7.72. The van der Waals surface area contributed by atoms with E-state index >= 15 is 0 Å². The summed E-state index contributed by atoms with van der Waals surface area (Å²) in [6.45, 7) is 4.52. The molecule has 3 aromatic carbocycles. The molecule has 0 atom stereocenters. The number of phenols is 1. The number of halogens is 2. The molecule has 0 amide bonds. The first kappa shape index (κ1) is 25.5. The lowest BCUT2D eigenvalue weighted by Crippen LogP contribution is -2.13. The van der Waals surface area contributed by atoms with E-state index in [9.17, 15) is 5.11 Å². The Kier molecular flexibility index (Phi) is 8.93. The van der Waals surface area contributed by atoms with Crippen molar-refractivity contribution < 1.29 is 5.11 Å². The molecule has 1 nitrogen and oxygen atoms in total. The van der Waals surface area contributed by atoms with Crippen molar-refractivity contribution in [3.05, 3.63) is 74.7 Å². The molecule has 34 heavy (non-hydrogen) atoms. The van der Waals surface area contributed by atoms with Gasteiger partial charge in [0.05, 0.1) is 8.95 Å². The molecule has 3 aromatic rings. The summed E-state index contributed by atoms with van der Waals surface area (Å²) in [5, 5.41) is 10.1. The molecule has 0 unspecified atom stereocenters. The summed E-state index contributed by atoms with van der Waals surface area (Å²) in [5.74, 6) is 1.93. The molecule has 1 saturated carbocycles. The Morgan fingerprint density at radius 2 is 1.41 bits per heavy atom. The van der Waals surface area contributed by atoms with Crippen LogP contribution >= 0.6 is 31.9 Å². The minimum Gasteiger partial charge on any atom is -0.506 e. The summed E-state index contributed by atoms with van der Waals surface area (Å²) >= 11 is 6.92. The summed E-state index contributed by atoms with van der Waals surface area (Å²) in [6.07, 6.45) is 12.1. The molecule has 0 radical (unpaired) electrons. The Morgan fingerprint density at radius 1 is 0.765 bits per heavy atom. The minimum absolute atomic E-state index is 0.237. The van der Waals surface area contributed by atoms with E-state index in [4.69, 9.17) is 0 Å². The lowest BCUT2D eigenvalue weighted by molar-refractivity contribution is 0.303. The third kappa shape index (κ3) is 5.97. The number of rotatable bonds is 8. The summed E-state index contributed by atoms with van der Waals surface area (Å²) in [6, 6.07) is 20.1. The molecule has 0 aliphatic heterocycles. The van der Waals surface area contributed by atoms with E-state index in [0.29, 0.717) is 8.95 Å². The van der Waals surface area contributed by atoms with Crippen LogP contribution in [0.5, 0.6) is 5.75 Å². The summed E-state index contributed by atoms with van der Waals surface area (Å²) in [4.78, 5) is 0. The fourth-order valence-corrected chi connectivity index (χ4v) is 6.67. The van der Waals surface area contributed by atoms with Crippen LogP contribution in [0.2, 0.25) is 0 Å². The van der Waals surface area contributed by atoms with Gasteiger partial charge < -0.3 is 5.11 Å². The van der Waals surface area contributed by atoms with Crippen molar-refractivity contribution in [1.82, 2.24) is 0 Å². The van der Waals surface area contributed by atoms with Crippen molar-refractivity contribution in [3.8, 4) is 28.0 Å². The van der Waals surface area contributed by atoms with Gasteiger partial charge in [-0.3, -0.25) is 0 Å². The smallest absolute Gasteiger partial charge is 0.143 e. The highest BCUT2D eigenvalue weighted by atomic mass is 79.9. The maximum atomic E-state index is 10.1. The Balaban J connectivity index is 1.48. The van der Waals surface area contributed by atoms with Crippen molar-refractivity contribution in [2.24, 2.45) is 5.92 Å². The zero-order valence-electron chi connectivity index (χ0n) is 20.4. The number of hydrogen-bond donors (Lipinski definition) is 1. The molecule has 0 spiro atoms. The first-order valence-electron chi connectivity index (χ1n) is 12.9. The van der Waals surface area contributed by atoms with E-state index in [2.05, 4.69) is 88.2 Å². The maximum Gasteiger partial charge on any atom is 0.143 e. The second-order valence-corrected chi connectivity index (χ2v) is 11.6. The van der Waals surface area contributed by atoms with E-state index in [1.54, 1.807) is 0 Å². The standard InChI is InChI=1S/C31H36Br2O/c1-3-5-6-7-21-8-10-23(11-9-21)24-12-14-25(15-13-24)28-17-16-26(18-22(28)4-2)27-19-29(32)31(34)30(33)20-27/h12-21,23,34H,3-11H2,1-2H3/t21-,23-. The highest BCUT2D eigenvalue weighted by Crippen LogP contribution is 2.40. The lowest BCUT2D eigenvalue weighted by Gasteiger charge is -2.29. The maximum absolute atomic E-state index is 10.1. The molecule has 0 heterocycles. The van der Waals surface area contributed by atoms with Crippen LogP contribution in [0.4, 0.5) is 0 Å².